The maximum absolute atomic E-state index is 10.9. The molecule has 1 aromatic rings. The van der Waals surface area contributed by atoms with E-state index in [2.05, 4.69) is 17.1 Å². The van der Waals surface area contributed by atoms with Crippen molar-refractivity contribution in [2.75, 3.05) is 19.6 Å². The number of hydrogen-bond acceptors (Lipinski definition) is 3. The van der Waals surface area contributed by atoms with Crippen LogP contribution in [-0.2, 0) is 6.54 Å². The molecule has 2 rings (SSSR count). The Kier molecular flexibility index (Phi) is 4.33. The number of nitrogens with zero attached hydrogens (tertiary/aromatic N) is 1. The van der Waals surface area contributed by atoms with Gasteiger partial charge in [0.25, 0.3) is 0 Å². The second-order valence-corrected chi connectivity index (χ2v) is 4.80. The molecule has 1 aliphatic heterocycles. The average Bonchev–Trinajstić information content (AvgIpc) is 2.39. The van der Waals surface area contributed by atoms with Gasteiger partial charge in [0, 0.05) is 32.2 Å². The highest BCUT2D eigenvalue weighted by molar-refractivity contribution is 5.87. The zero-order valence-corrected chi connectivity index (χ0v) is 10.7. The number of piperazine rings is 1. The molecule has 0 aliphatic carbocycles. The van der Waals surface area contributed by atoms with Crippen LogP contribution in [0, 0.1) is 0 Å². The Labute approximate surface area is 108 Å². The second-order valence-electron chi connectivity index (χ2n) is 4.80. The lowest BCUT2D eigenvalue weighted by atomic mass is 10.1. The zero-order valence-electron chi connectivity index (χ0n) is 10.7. The molecular formula is C14H20N2O2. The summed E-state index contributed by atoms with van der Waals surface area (Å²) in [6, 6.07) is 7.78. The molecule has 4 heteroatoms. The molecule has 0 unspecified atom stereocenters. The van der Waals surface area contributed by atoms with E-state index in [0.29, 0.717) is 11.6 Å². The summed E-state index contributed by atoms with van der Waals surface area (Å²) in [5.41, 5.74) is 1.45. The summed E-state index contributed by atoms with van der Waals surface area (Å²) in [5.74, 6) is -0.858. The molecule has 0 radical (unpaired) electrons. The third kappa shape index (κ3) is 3.31. The van der Waals surface area contributed by atoms with Crippen molar-refractivity contribution in [1.29, 1.82) is 0 Å². The molecule has 1 heterocycles. The first-order valence-electron chi connectivity index (χ1n) is 6.47. The zero-order chi connectivity index (χ0) is 13.0. The van der Waals surface area contributed by atoms with Crippen molar-refractivity contribution in [3.8, 4) is 0 Å². The number of carboxylic acid groups (broad SMARTS) is 1. The van der Waals surface area contributed by atoms with Gasteiger partial charge < -0.3 is 10.4 Å². The molecule has 1 atom stereocenters. The van der Waals surface area contributed by atoms with Crippen molar-refractivity contribution in [1.82, 2.24) is 10.2 Å². The molecule has 4 nitrogen and oxygen atoms in total. The molecule has 0 amide bonds. The SMILES string of the molecule is CC[C@@H]1CN(Cc2cccc(C(=O)O)c2)CCN1. The summed E-state index contributed by atoms with van der Waals surface area (Å²) in [4.78, 5) is 13.3. The fourth-order valence-electron chi connectivity index (χ4n) is 2.37. The lowest BCUT2D eigenvalue weighted by Crippen LogP contribution is -2.49. The van der Waals surface area contributed by atoms with Crippen molar-refractivity contribution in [3.63, 3.8) is 0 Å². The Bertz CT molecular complexity index is 420. The largest absolute Gasteiger partial charge is 0.478 e. The van der Waals surface area contributed by atoms with Crippen molar-refractivity contribution in [3.05, 3.63) is 35.4 Å². The van der Waals surface area contributed by atoms with Crippen LogP contribution in [0.2, 0.25) is 0 Å². The Morgan fingerprint density at radius 2 is 2.39 bits per heavy atom. The molecule has 1 saturated heterocycles. The quantitative estimate of drug-likeness (QED) is 0.849. The summed E-state index contributed by atoms with van der Waals surface area (Å²) in [6.45, 7) is 6.09. The minimum absolute atomic E-state index is 0.370. The van der Waals surface area contributed by atoms with E-state index in [1.807, 2.05) is 12.1 Å². The summed E-state index contributed by atoms with van der Waals surface area (Å²) < 4.78 is 0. The third-order valence-electron chi connectivity index (χ3n) is 3.41. The van der Waals surface area contributed by atoms with E-state index in [9.17, 15) is 4.79 Å². The van der Waals surface area contributed by atoms with Crippen molar-refractivity contribution in [2.24, 2.45) is 0 Å². The van der Waals surface area contributed by atoms with Gasteiger partial charge >= 0.3 is 5.97 Å². The van der Waals surface area contributed by atoms with E-state index in [-0.39, 0.29) is 0 Å². The molecule has 98 valence electrons. The monoisotopic (exact) mass is 248 g/mol. The molecular weight excluding hydrogens is 228 g/mol. The third-order valence-corrected chi connectivity index (χ3v) is 3.41. The minimum Gasteiger partial charge on any atom is -0.478 e. The van der Waals surface area contributed by atoms with Crippen molar-refractivity contribution in [2.45, 2.75) is 25.9 Å². The molecule has 1 fully saturated rings. The standard InChI is InChI=1S/C14H20N2O2/c1-2-13-10-16(7-6-15-13)9-11-4-3-5-12(8-11)14(17)18/h3-5,8,13,15H,2,6-7,9-10H2,1H3,(H,17,18)/t13-/m1/s1. The lowest BCUT2D eigenvalue weighted by molar-refractivity contribution is 0.0696. The minimum atomic E-state index is -0.858. The fourth-order valence-corrected chi connectivity index (χ4v) is 2.37. The van der Waals surface area contributed by atoms with Crippen LogP contribution in [0.1, 0.15) is 29.3 Å². The van der Waals surface area contributed by atoms with E-state index < -0.39 is 5.97 Å². The smallest absolute Gasteiger partial charge is 0.335 e. The predicted octanol–water partition coefficient (Wildman–Crippen LogP) is 1.57. The van der Waals surface area contributed by atoms with Crippen LogP contribution in [0.3, 0.4) is 0 Å². The summed E-state index contributed by atoms with van der Waals surface area (Å²) in [6.07, 6.45) is 1.13. The summed E-state index contributed by atoms with van der Waals surface area (Å²) in [5, 5.41) is 12.4. The topological polar surface area (TPSA) is 52.6 Å². The van der Waals surface area contributed by atoms with Gasteiger partial charge in [0.05, 0.1) is 5.56 Å². The number of carbonyl (C=O) groups is 1. The van der Waals surface area contributed by atoms with Gasteiger partial charge in [-0.15, -0.1) is 0 Å². The molecule has 18 heavy (non-hydrogen) atoms. The molecule has 0 bridgehead atoms. The molecule has 1 aromatic carbocycles. The highest BCUT2D eigenvalue weighted by atomic mass is 16.4. The fraction of sp³-hybridized carbons (Fsp3) is 0.500. The molecule has 0 aromatic heterocycles. The van der Waals surface area contributed by atoms with Gasteiger partial charge in [0.2, 0.25) is 0 Å². The van der Waals surface area contributed by atoms with Gasteiger partial charge in [-0.3, -0.25) is 4.90 Å². The average molecular weight is 248 g/mol. The number of rotatable bonds is 4. The summed E-state index contributed by atoms with van der Waals surface area (Å²) >= 11 is 0. The highest BCUT2D eigenvalue weighted by Gasteiger charge is 2.17. The van der Waals surface area contributed by atoms with E-state index in [1.165, 1.54) is 0 Å². The van der Waals surface area contributed by atoms with E-state index in [4.69, 9.17) is 5.11 Å². The molecule has 1 aliphatic rings. The van der Waals surface area contributed by atoms with Gasteiger partial charge in [-0.25, -0.2) is 4.79 Å². The first-order valence-corrected chi connectivity index (χ1v) is 6.47. The van der Waals surface area contributed by atoms with Gasteiger partial charge in [-0.1, -0.05) is 19.1 Å². The molecule has 0 spiro atoms. The van der Waals surface area contributed by atoms with Crippen molar-refractivity contribution < 1.29 is 9.90 Å². The second kappa shape index (κ2) is 5.98. The lowest BCUT2D eigenvalue weighted by Gasteiger charge is -2.33. The number of hydrogen-bond donors (Lipinski definition) is 2. The van der Waals surface area contributed by atoms with E-state index >= 15 is 0 Å². The number of benzene rings is 1. The van der Waals surface area contributed by atoms with Crippen LogP contribution in [0.5, 0.6) is 0 Å². The molecule has 2 N–H and O–H groups in total. The number of carboxylic acids is 1. The maximum Gasteiger partial charge on any atom is 0.335 e. The van der Waals surface area contributed by atoms with Gasteiger partial charge in [0.1, 0.15) is 0 Å². The van der Waals surface area contributed by atoms with Gasteiger partial charge in [-0.2, -0.15) is 0 Å². The van der Waals surface area contributed by atoms with Crippen molar-refractivity contribution >= 4 is 5.97 Å². The van der Waals surface area contributed by atoms with Gasteiger partial charge in [0.15, 0.2) is 0 Å². The first kappa shape index (κ1) is 13.1. The van der Waals surface area contributed by atoms with Crippen LogP contribution in [-0.4, -0.2) is 41.7 Å². The normalized spacial score (nSPS) is 20.8. The number of nitrogens with one attached hydrogen (secondary N) is 1. The first-order chi connectivity index (χ1) is 8.69. The van der Waals surface area contributed by atoms with E-state index in [1.54, 1.807) is 12.1 Å². The summed E-state index contributed by atoms with van der Waals surface area (Å²) in [7, 11) is 0. The highest BCUT2D eigenvalue weighted by Crippen LogP contribution is 2.11. The van der Waals surface area contributed by atoms with Crippen LogP contribution < -0.4 is 5.32 Å². The molecule has 0 saturated carbocycles. The van der Waals surface area contributed by atoms with E-state index in [0.717, 1.165) is 38.2 Å². The Balaban J connectivity index is 2.00. The predicted molar refractivity (Wildman–Crippen MR) is 70.8 cm³/mol. The Morgan fingerprint density at radius 1 is 1.56 bits per heavy atom. The van der Waals surface area contributed by atoms with Crippen LogP contribution in [0.25, 0.3) is 0 Å². The maximum atomic E-state index is 10.9. The Morgan fingerprint density at radius 3 is 3.11 bits per heavy atom. The van der Waals surface area contributed by atoms with Crippen LogP contribution in [0.15, 0.2) is 24.3 Å². The number of aromatic carboxylic acids is 1. The van der Waals surface area contributed by atoms with Gasteiger partial charge in [-0.05, 0) is 24.1 Å². The van der Waals surface area contributed by atoms with Crippen LogP contribution >= 0.6 is 0 Å². The Hall–Kier alpha value is -1.39. The van der Waals surface area contributed by atoms with Crippen LogP contribution in [0.4, 0.5) is 0 Å².